The Labute approximate surface area is 178 Å². The number of rotatable bonds is 6. The summed E-state index contributed by atoms with van der Waals surface area (Å²) in [6.07, 6.45) is 5.01. The van der Waals surface area contributed by atoms with Gasteiger partial charge >= 0.3 is 0 Å². The van der Waals surface area contributed by atoms with E-state index in [0.29, 0.717) is 10.8 Å². The second-order valence-corrected chi connectivity index (χ2v) is 9.32. The van der Waals surface area contributed by atoms with Crippen molar-refractivity contribution in [1.82, 2.24) is 15.2 Å². The summed E-state index contributed by atoms with van der Waals surface area (Å²) in [5.41, 5.74) is 0.646. The Morgan fingerprint density at radius 1 is 1.00 bits per heavy atom. The maximum atomic E-state index is 12.4. The van der Waals surface area contributed by atoms with Crippen molar-refractivity contribution in [3.05, 3.63) is 53.7 Å². The quantitative estimate of drug-likeness (QED) is 0.600. The number of benzene rings is 1. The smallest absolute Gasteiger partial charge is 0.276 e. The SMILES string of the molecule is O=C(Nc1ccc(S(=O)(=O)Nc2nccs2)cc1)c1ccc(N2CCCCC2)nn1. The zero-order valence-corrected chi connectivity index (χ0v) is 17.6. The molecule has 4 rings (SSSR count). The number of carbonyl (C=O) groups excluding carboxylic acids is 1. The first-order chi connectivity index (χ1) is 14.5. The van der Waals surface area contributed by atoms with Gasteiger partial charge in [0.15, 0.2) is 16.6 Å². The van der Waals surface area contributed by atoms with Crippen molar-refractivity contribution < 1.29 is 13.2 Å². The van der Waals surface area contributed by atoms with Gasteiger partial charge in [0.25, 0.3) is 15.9 Å². The molecule has 1 aromatic carbocycles. The molecule has 0 bridgehead atoms. The molecule has 3 heterocycles. The van der Waals surface area contributed by atoms with Crippen LogP contribution in [-0.4, -0.2) is 42.6 Å². The van der Waals surface area contributed by atoms with Gasteiger partial charge in [0, 0.05) is 30.4 Å². The molecule has 0 saturated carbocycles. The number of sulfonamides is 1. The molecular weight excluding hydrogens is 424 g/mol. The highest BCUT2D eigenvalue weighted by molar-refractivity contribution is 7.93. The van der Waals surface area contributed by atoms with Crippen LogP contribution in [0.25, 0.3) is 0 Å². The molecule has 0 aliphatic carbocycles. The molecule has 2 N–H and O–H groups in total. The predicted octanol–water partition coefficient (Wildman–Crippen LogP) is 2.98. The Kier molecular flexibility index (Phi) is 5.91. The van der Waals surface area contributed by atoms with E-state index in [1.54, 1.807) is 17.5 Å². The van der Waals surface area contributed by atoms with Crippen LogP contribution in [0.2, 0.25) is 0 Å². The fraction of sp³-hybridized carbons (Fsp3) is 0.263. The third-order valence-corrected chi connectivity index (χ3v) is 6.81. The summed E-state index contributed by atoms with van der Waals surface area (Å²) in [5, 5.41) is 12.9. The molecule has 156 valence electrons. The van der Waals surface area contributed by atoms with E-state index in [9.17, 15) is 13.2 Å². The monoisotopic (exact) mass is 444 g/mol. The third kappa shape index (κ3) is 4.74. The largest absolute Gasteiger partial charge is 0.355 e. The van der Waals surface area contributed by atoms with Crippen LogP contribution < -0.4 is 14.9 Å². The van der Waals surface area contributed by atoms with Gasteiger partial charge in [-0.05, 0) is 55.7 Å². The summed E-state index contributed by atoms with van der Waals surface area (Å²) < 4.78 is 27.1. The first-order valence-corrected chi connectivity index (χ1v) is 11.8. The van der Waals surface area contributed by atoms with Gasteiger partial charge in [0.05, 0.1) is 4.90 Å². The van der Waals surface area contributed by atoms with E-state index >= 15 is 0 Å². The summed E-state index contributed by atoms with van der Waals surface area (Å²) in [6.45, 7) is 1.90. The minimum atomic E-state index is -3.74. The number of nitrogens with zero attached hydrogens (tertiary/aromatic N) is 4. The number of hydrogen-bond donors (Lipinski definition) is 2. The lowest BCUT2D eigenvalue weighted by molar-refractivity contribution is 0.102. The lowest BCUT2D eigenvalue weighted by Gasteiger charge is -2.27. The molecule has 1 aliphatic heterocycles. The zero-order valence-electron chi connectivity index (χ0n) is 16.0. The number of carbonyl (C=O) groups is 1. The number of piperidine rings is 1. The fourth-order valence-electron chi connectivity index (χ4n) is 3.10. The molecule has 0 radical (unpaired) electrons. The molecule has 2 aromatic heterocycles. The van der Waals surface area contributed by atoms with Gasteiger partial charge in [-0.2, -0.15) is 0 Å². The number of nitrogens with one attached hydrogen (secondary N) is 2. The molecule has 0 atom stereocenters. The van der Waals surface area contributed by atoms with Crippen LogP contribution in [0.4, 0.5) is 16.6 Å². The molecule has 0 spiro atoms. The first-order valence-electron chi connectivity index (χ1n) is 9.44. The van der Waals surface area contributed by atoms with E-state index in [4.69, 9.17) is 0 Å². The van der Waals surface area contributed by atoms with E-state index in [0.717, 1.165) is 31.7 Å². The Morgan fingerprint density at radius 3 is 2.40 bits per heavy atom. The van der Waals surface area contributed by atoms with E-state index in [2.05, 4.69) is 30.1 Å². The van der Waals surface area contributed by atoms with Crippen molar-refractivity contribution in [2.45, 2.75) is 24.2 Å². The molecule has 1 fully saturated rings. The highest BCUT2D eigenvalue weighted by Gasteiger charge is 2.17. The van der Waals surface area contributed by atoms with Crippen LogP contribution >= 0.6 is 11.3 Å². The van der Waals surface area contributed by atoms with E-state index in [-0.39, 0.29) is 10.6 Å². The summed E-state index contributed by atoms with van der Waals surface area (Å²) in [5.74, 6) is 0.359. The van der Waals surface area contributed by atoms with Crippen LogP contribution in [0.3, 0.4) is 0 Å². The Hall–Kier alpha value is -3.05. The lowest BCUT2D eigenvalue weighted by atomic mass is 10.1. The lowest BCUT2D eigenvalue weighted by Crippen LogP contribution is -2.30. The molecule has 0 unspecified atom stereocenters. The van der Waals surface area contributed by atoms with Crippen molar-refractivity contribution in [3.8, 4) is 0 Å². The molecular formula is C19H20N6O3S2. The Bertz CT molecular complexity index is 1090. The topological polar surface area (TPSA) is 117 Å². The highest BCUT2D eigenvalue weighted by atomic mass is 32.2. The van der Waals surface area contributed by atoms with Gasteiger partial charge in [-0.1, -0.05) is 0 Å². The average molecular weight is 445 g/mol. The van der Waals surface area contributed by atoms with E-state index in [1.165, 1.54) is 48.2 Å². The molecule has 30 heavy (non-hydrogen) atoms. The number of aromatic nitrogens is 3. The van der Waals surface area contributed by atoms with Crippen molar-refractivity contribution in [2.24, 2.45) is 0 Å². The minimum absolute atomic E-state index is 0.0707. The van der Waals surface area contributed by atoms with Crippen LogP contribution in [0.15, 0.2) is 52.9 Å². The Morgan fingerprint density at radius 2 is 1.77 bits per heavy atom. The average Bonchev–Trinajstić information content (AvgIpc) is 3.27. The summed E-state index contributed by atoms with van der Waals surface area (Å²) in [7, 11) is -3.74. The van der Waals surface area contributed by atoms with Crippen molar-refractivity contribution >= 4 is 43.9 Å². The maximum Gasteiger partial charge on any atom is 0.276 e. The highest BCUT2D eigenvalue weighted by Crippen LogP contribution is 2.20. The van der Waals surface area contributed by atoms with Crippen LogP contribution in [0, 0.1) is 0 Å². The van der Waals surface area contributed by atoms with Crippen molar-refractivity contribution in [3.63, 3.8) is 0 Å². The van der Waals surface area contributed by atoms with Gasteiger partial charge < -0.3 is 10.2 Å². The summed E-state index contributed by atoms with van der Waals surface area (Å²) in [4.78, 5) is 18.6. The molecule has 1 saturated heterocycles. The van der Waals surface area contributed by atoms with Crippen LogP contribution in [-0.2, 0) is 10.0 Å². The first kappa shape index (κ1) is 20.2. The second kappa shape index (κ2) is 8.76. The normalized spacial score (nSPS) is 14.3. The van der Waals surface area contributed by atoms with E-state index in [1.807, 2.05) is 0 Å². The van der Waals surface area contributed by atoms with Crippen LogP contribution in [0.5, 0.6) is 0 Å². The third-order valence-electron chi connectivity index (χ3n) is 4.64. The molecule has 9 nitrogen and oxygen atoms in total. The predicted molar refractivity (Wildman–Crippen MR) is 115 cm³/mol. The maximum absolute atomic E-state index is 12.4. The Balaban J connectivity index is 1.39. The van der Waals surface area contributed by atoms with E-state index < -0.39 is 15.9 Å². The summed E-state index contributed by atoms with van der Waals surface area (Å²) in [6, 6.07) is 9.30. The number of anilines is 3. The second-order valence-electron chi connectivity index (χ2n) is 6.75. The summed E-state index contributed by atoms with van der Waals surface area (Å²) >= 11 is 1.19. The minimum Gasteiger partial charge on any atom is -0.355 e. The van der Waals surface area contributed by atoms with Gasteiger partial charge in [0.2, 0.25) is 0 Å². The molecule has 1 aliphatic rings. The molecule has 1 amide bonds. The van der Waals surface area contributed by atoms with Crippen molar-refractivity contribution in [1.29, 1.82) is 0 Å². The number of hydrogen-bond acceptors (Lipinski definition) is 8. The standard InChI is InChI=1S/C19H20N6O3S2/c26-18(16-8-9-17(23-22-16)25-11-2-1-3-12-25)21-14-4-6-15(7-5-14)30(27,28)24-19-20-10-13-29-19/h4-10,13H,1-3,11-12H2,(H,20,24)(H,21,26). The zero-order chi connectivity index (χ0) is 21.0. The van der Waals surface area contributed by atoms with Gasteiger partial charge in [-0.25, -0.2) is 13.4 Å². The number of thiazole rings is 1. The molecule has 3 aromatic rings. The van der Waals surface area contributed by atoms with Gasteiger partial charge in [0.1, 0.15) is 0 Å². The fourth-order valence-corrected chi connectivity index (χ4v) is 4.89. The van der Waals surface area contributed by atoms with Gasteiger partial charge in [-0.3, -0.25) is 9.52 Å². The van der Waals surface area contributed by atoms with Crippen molar-refractivity contribution in [2.75, 3.05) is 28.0 Å². The van der Waals surface area contributed by atoms with Crippen LogP contribution in [0.1, 0.15) is 29.8 Å². The number of amides is 1. The molecule has 11 heteroatoms. The van der Waals surface area contributed by atoms with Gasteiger partial charge in [-0.15, -0.1) is 21.5 Å².